The monoisotopic (exact) mass is 263 g/mol. The van der Waals surface area contributed by atoms with Crippen LogP contribution in [0.4, 0.5) is 18.9 Å². The molecular weight excluding hydrogens is 251 g/mol. The minimum Gasteiger partial charge on any atom is -0.385 e. The average molecular weight is 263 g/mol. The highest BCUT2D eigenvalue weighted by Crippen LogP contribution is 2.34. The molecular formula is C15H12F3N. The third kappa shape index (κ3) is 1.97. The van der Waals surface area contributed by atoms with Crippen LogP contribution in [0.15, 0.2) is 30.3 Å². The van der Waals surface area contributed by atoms with E-state index in [1.807, 2.05) is 6.07 Å². The van der Waals surface area contributed by atoms with E-state index in [9.17, 15) is 13.2 Å². The number of rotatable bonds is 1. The van der Waals surface area contributed by atoms with Gasteiger partial charge < -0.3 is 5.32 Å². The minimum atomic E-state index is -1.42. The van der Waals surface area contributed by atoms with E-state index in [0.717, 1.165) is 36.7 Å². The number of nitrogens with one attached hydrogen (secondary N) is 1. The number of fused-ring (bicyclic) bond motifs is 1. The first-order valence-corrected chi connectivity index (χ1v) is 6.18. The van der Waals surface area contributed by atoms with E-state index in [4.69, 9.17) is 0 Å². The summed E-state index contributed by atoms with van der Waals surface area (Å²) in [5, 5.41) is 3.23. The van der Waals surface area contributed by atoms with Crippen LogP contribution in [0.5, 0.6) is 0 Å². The standard InChI is InChI=1S/C15H12F3N/c16-12-7-6-11(14(17)15(12)18)9-3-1-5-13-10(9)4-2-8-19-13/h1,3,5-7,19H,2,4,8H2. The molecule has 1 N–H and O–H groups in total. The van der Waals surface area contributed by atoms with Crippen LogP contribution in [0, 0.1) is 17.5 Å². The van der Waals surface area contributed by atoms with Crippen LogP contribution in [0.3, 0.4) is 0 Å². The molecule has 0 saturated carbocycles. The van der Waals surface area contributed by atoms with Gasteiger partial charge in [-0.15, -0.1) is 0 Å². The largest absolute Gasteiger partial charge is 0.385 e. The molecule has 1 nitrogen and oxygen atoms in total. The first kappa shape index (κ1) is 12.1. The molecule has 2 aromatic rings. The summed E-state index contributed by atoms with van der Waals surface area (Å²) in [6.45, 7) is 0.872. The van der Waals surface area contributed by atoms with Crippen molar-refractivity contribution >= 4 is 5.69 Å². The lowest BCUT2D eigenvalue weighted by molar-refractivity contribution is 0.449. The Morgan fingerprint density at radius 1 is 0.895 bits per heavy atom. The van der Waals surface area contributed by atoms with Gasteiger partial charge >= 0.3 is 0 Å². The zero-order valence-corrected chi connectivity index (χ0v) is 10.1. The fourth-order valence-electron chi connectivity index (χ4n) is 2.50. The molecule has 0 amide bonds. The van der Waals surface area contributed by atoms with E-state index in [1.165, 1.54) is 6.07 Å². The molecule has 0 aliphatic carbocycles. The maximum atomic E-state index is 13.9. The van der Waals surface area contributed by atoms with Gasteiger partial charge in [0, 0.05) is 17.8 Å². The molecule has 4 heteroatoms. The lowest BCUT2D eigenvalue weighted by atomic mass is 9.92. The molecule has 0 fully saturated rings. The van der Waals surface area contributed by atoms with Gasteiger partial charge in [0.15, 0.2) is 17.5 Å². The summed E-state index contributed by atoms with van der Waals surface area (Å²) in [7, 11) is 0. The number of hydrogen-bond donors (Lipinski definition) is 1. The fraction of sp³-hybridized carbons (Fsp3) is 0.200. The molecule has 98 valence electrons. The maximum Gasteiger partial charge on any atom is 0.195 e. The van der Waals surface area contributed by atoms with Gasteiger partial charge in [-0.2, -0.15) is 0 Å². The Balaban J connectivity index is 2.20. The second-order valence-corrected chi connectivity index (χ2v) is 4.58. The Hall–Kier alpha value is -1.97. The smallest absolute Gasteiger partial charge is 0.195 e. The van der Waals surface area contributed by atoms with E-state index in [2.05, 4.69) is 5.32 Å². The van der Waals surface area contributed by atoms with E-state index < -0.39 is 17.5 Å². The topological polar surface area (TPSA) is 12.0 Å². The van der Waals surface area contributed by atoms with Crippen molar-refractivity contribution in [3.05, 3.63) is 53.3 Å². The summed E-state index contributed by atoms with van der Waals surface area (Å²) >= 11 is 0. The van der Waals surface area contributed by atoms with Crippen LogP contribution in [-0.4, -0.2) is 6.54 Å². The minimum absolute atomic E-state index is 0.111. The Morgan fingerprint density at radius 2 is 1.74 bits per heavy atom. The highest BCUT2D eigenvalue weighted by atomic mass is 19.2. The summed E-state index contributed by atoms with van der Waals surface area (Å²) in [4.78, 5) is 0. The molecule has 0 atom stereocenters. The highest BCUT2D eigenvalue weighted by Gasteiger charge is 2.19. The molecule has 0 radical (unpaired) electrons. The summed E-state index contributed by atoms with van der Waals surface area (Å²) in [5.74, 6) is -3.71. The summed E-state index contributed by atoms with van der Waals surface area (Å²) in [6, 6.07) is 7.69. The second-order valence-electron chi connectivity index (χ2n) is 4.58. The van der Waals surface area contributed by atoms with Gasteiger partial charge in [0.1, 0.15) is 0 Å². The average Bonchev–Trinajstić information content (AvgIpc) is 2.45. The fourth-order valence-corrected chi connectivity index (χ4v) is 2.50. The highest BCUT2D eigenvalue weighted by molar-refractivity contribution is 5.75. The van der Waals surface area contributed by atoms with Crippen LogP contribution in [0.25, 0.3) is 11.1 Å². The number of benzene rings is 2. The molecule has 0 aromatic heterocycles. The predicted octanol–water partition coefficient (Wildman–Crippen LogP) is 4.13. The molecule has 0 saturated heterocycles. The van der Waals surface area contributed by atoms with Crippen molar-refractivity contribution in [3.63, 3.8) is 0 Å². The number of hydrogen-bond acceptors (Lipinski definition) is 1. The molecule has 3 rings (SSSR count). The normalized spacial score (nSPS) is 13.8. The van der Waals surface area contributed by atoms with Crippen molar-refractivity contribution in [3.8, 4) is 11.1 Å². The van der Waals surface area contributed by atoms with Gasteiger partial charge in [0.2, 0.25) is 0 Å². The first-order valence-electron chi connectivity index (χ1n) is 6.18. The predicted molar refractivity (Wildman–Crippen MR) is 68.6 cm³/mol. The summed E-state index contributed by atoms with van der Waals surface area (Å²) in [6.07, 6.45) is 1.74. The Bertz CT molecular complexity index is 638. The maximum absolute atomic E-state index is 13.9. The van der Waals surface area contributed by atoms with E-state index in [-0.39, 0.29) is 5.56 Å². The van der Waals surface area contributed by atoms with E-state index in [1.54, 1.807) is 12.1 Å². The first-order chi connectivity index (χ1) is 9.18. The van der Waals surface area contributed by atoms with Crippen molar-refractivity contribution in [2.75, 3.05) is 11.9 Å². The SMILES string of the molecule is Fc1ccc(-c2cccc3c2CCCN3)c(F)c1F. The summed E-state index contributed by atoms with van der Waals surface area (Å²) < 4.78 is 40.2. The van der Waals surface area contributed by atoms with Crippen molar-refractivity contribution < 1.29 is 13.2 Å². The van der Waals surface area contributed by atoms with Gasteiger partial charge in [-0.05, 0) is 42.2 Å². The zero-order chi connectivity index (χ0) is 13.4. The number of anilines is 1. The molecule has 1 heterocycles. The summed E-state index contributed by atoms with van der Waals surface area (Å²) in [5.41, 5.74) is 2.63. The quantitative estimate of drug-likeness (QED) is 0.763. The van der Waals surface area contributed by atoms with Crippen LogP contribution in [0.2, 0.25) is 0 Å². The van der Waals surface area contributed by atoms with Gasteiger partial charge in [0.05, 0.1) is 0 Å². The Labute approximate surface area is 109 Å². The van der Waals surface area contributed by atoms with Crippen molar-refractivity contribution in [1.29, 1.82) is 0 Å². The number of halogens is 3. The molecule has 0 bridgehead atoms. The molecule has 19 heavy (non-hydrogen) atoms. The van der Waals surface area contributed by atoms with Gasteiger partial charge in [0.25, 0.3) is 0 Å². The second kappa shape index (κ2) is 4.61. The zero-order valence-electron chi connectivity index (χ0n) is 10.1. The van der Waals surface area contributed by atoms with Gasteiger partial charge in [-0.3, -0.25) is 0 Å². The van der Waals surface area contributed by atoms with E-state index in [0.29, 0.717) is 5.56 Å². The lowest BCUT2D eigenvalue weighted by Crippen LogP contribution is -2.12. The molecule has 2 aromatic carbocycles. The third-order valence-electron chi connectivity index (χ3n) is 3.42. The van der Waals surface area contributed by atoms with E-state index >= 15 is 0 Å². The Morgan fingerprint density at radius 3 is 2.58 bits per heavy atom. The van der Waals surface area contributed by atoms with Crippen LogP contribution in [0.1, 0.15) is 12.0 Å². The van der Waals surface area contributed by atoms with Crippen LogP contribution in [-0.2, 0) is 6.42 Å². The van der Waals surface area contributed by atoms with Crippen LogP contribution < -0.4 is 5.32 Å². The molecule has 1 aliphatic rings. The van der Waals surface area contributed by atoms with Crippen LogP contribution >= 0.6 is 0 Å². The Kier molecular flexibility index (Phi) is 2.93. The molecule has 0 unspecified atom stereocenters. The van der Waals surface area contributed by atoms with Crippen molar-refractivity contribution in [1.82, 2.24) is 0 Å². The van der Waals surface area contributed by atoms with Gasteiger partial charge in [-0.25, -0.2) is 13.2 Å². The molecule has 1 aliphatic heterocycles. The van der Waals surface area contributed by atoms with Crippen molar-refractivity contribution in [2.24, 2.45) is 0 Å². The lowest BCUT2D eigenvalue weighted by Gasteiger charge is -2.21. The molecule has 0 spiro atoms. The van der Waals surface area contributed by atoms with Gasteiger partial charge in [-0.1, -0.05) is 12.1 Å². The third-order valence-corrected chi connectivity index (χ3v) is 3.42. The van der Waals surface area contributed by atoms with Crippen molar-refractivity contribution in [2.45, 2.75) is 12.8 Å².